The molecule has 274 valence electrons. The highest BCUT2D eigenvalue weighted by molar-refractivity contribution is 6.21. The fourth-order valence-electron chi connectivity index (χ4n) is 8.77. The minimum absolute atomic E-state index is 0.119. The fourth-order valence-corrected chi connectivity index (χ4v) is 8.77. The first kappa shape index (κ1) is 34.6. The van der Waals surface area contributed by atoms with Gasteiger partial charge in [0.2, 0.25) is 5.95 Å². The minimum atomic E-state index is -0.119. The molecule has 0 N–H and O–H groups in total. The molecule has 1 aliphatic carbocycles. The molecule has 57 heavy (non-hydrogen) atoms. The van der Waals surface area contributed by atoms with E-state index in [1.165, 1.54) is 45.0 Å². The molecular weight excluding hydrogens is 693 g/mol. The topological polar surface area (TPSA) is 43.6 Å². The van der Waals surface area contributed by atoms with Crippen molar-refractivity contribution in [2.45, 2.75) is 39.5 Å². The van der Waals surface area contributed by atoms with Crippen LogP contribution in [-0.2, 0) is 5.41 Å². The predicted octanol–water partition coefficient (Wildman–Crippen LogP) is 14.0. The maximum absolute atomic E-state index is 5.37. The zero-order valence-electron chi connectivity index (χ0n) is 32.7. The van der Waals surface area contributed by atoms with Gasteiger partial charge in [0, 0.05) is 38.3 Å². The van der Waals surface area contributed by atoms with E-state index < -0.39 is 0 Å². The van der Waals surface area contributed by atoms with Gasteiger partial charge in [-0.25, -0.2) is 4.98 Å². The lowest BCUT2D eigenvalue weighted by Gasteiger charge is -2.22. The van der Waals surface area contributed by atoms with E-state index in [4.69, 9.17) is 15.0 Å². The standard InChI is InChI=1S/C50H34N4.C3H8/c1-50(2)43-22-11-10-19-39(43)40-27-26-35(30-44(40)50)38-20-12-21-41-42-28-25-32-14-8-9-18-37(32)45(42)54(46(38)41)49-52-47(33-15-4-3-5-16-33)51-48(53-49)36-24-23-31-13-6-7-17-34(31)29-36;1-3-2/h3-30H,1-2H3;3H2,1-2H3. The maximum Gasteiger partial charge on any atom is 0.238 e. The first-order valence-corrected chi connectivity index (χ1v) is 20.0. The predicted molar refractivity (Wildman–Crippen MR) is 239 cm³/mol. The molecule has 0 atom stereocenters. The summed E-state index contributed by atoms with van der Waals surface area (Å²) >= 11 is 0. The van der Waals surface area contributed by atoms with Crippen molar-refractivity contribution >= 4 is 43.4 Å². The lowest BCUT2D eigenvalue weighted by Crippen LogP contribution is -2.14. The number of para-hydroxylation sites is 1. The lowest BCUT2D eigenvalue weighted by molar-refractivity contribution is 0.660. The number of fused-ring (bicyclic) bond motifs is 9. The van der Waals surface area contributed by atoms with Gasteiger partial charge in [0.05, 0.1) is 11.0 Å². The Bertz CT molecular complexity index is 3150. The smallest absolute Gasteiger partial charge is 0.238 e. The van der Waals surface area contributed by atoms with E-state index in [9.17, 15) is 0 Å². The van der Waals surface area contributed by atoms with Crippen molar-refractivity contribution in [1.29, 1.82) is 0 Å². The van der Waals surface area contributed by atoms with Crippen molar-refractivity contribution in [2.75, 3.05) is 0 Å². The molecule has 0 aliphatic heterocycles. The Balaban J connectivity index is 0.00000128. The molecule has 2 heterocycles. The highest BCUT2D eigenvalue weighted by Gasteiger charge is 2.35. The van der Waals surface area contributed by atoms with Gasteiger partial charge in [0.1, 0.15) is 0 Å². The zero-order valence-corrected chi connectivity index (χ0v) is 32.7. The summed E-state index contributed by atoms with van der Waals surface area (Å²) < 4.78 is 2.30. The van der Waals surface area contributed by atoms with Crippen molar-refractivity contribution < 1.29 is 0 Å². The molecule has 0 unspecified atom stereocenters. The van der Waals surface area contributed by atoms with E-state index in [0.717, 1.165) is 49.3 Å². The van der Waals surface area contributed by atoms with Crippen molar-refractivity contribution in [1.82, 2.24) is 19.5 Å². The van der Waals surface area contributed by atoms with Gasteiger partial charge in [-0.1, -0.05) is 192 Å². The van der Waals surface area contributed by atoms with Crippen LogP contribution >= 0.6 is 0 Å². The van der Waals surface area contributed by atoms with Gasteiger partial charge in [-0.15, -0.1) is 0 Å². The quantitative estimate of drug-likeness (QED) is 0.181. The third-order valence-corrected chi connectivity index (χ3v) is 11.4. The van der Waals surface area contributed by atoms with Gasteiger partial charge >= 0.3 is 0 Å². The maximum atomic E-state index is 5.37. The SMILES string of the molecule is CC1(C)c2ccccc2-c2ccc(-c3cccc4c5ccc6ccccc6c5n(-c5nc(-c6ccccc6)nc(-c6ccc7ccccc7c6)n5)c34)cc21.CCC. The number of benzene rings is 8. The van der Waals surface area contributed by atoms with E-state index >= 15 is 0 Å². The third kappa shape index (κ3) is 5.63. The van der Waals surface area contributed by atoms with Crippen LogP contribution in [0.15, 0.2) is 170 Å². The van der Waals surface area contributed by atoms with E-state index in [-0.39, 0.29) is 5.41 Å². The van der Waals surface area contributed by atoms with Crippen LogP contribution in [0.1, 0.15) is 45.2 Å². The molecule has 0 saturated heterocycles. The van der Waals surface area contributed by atoms with Gasteiger partial charge in [-0.3, -0.25) is 4.57 Å². The van der Waals surface area contributed by atoms with Crippen LogP contribution in [0.3, 0.4) is 0 Å². The van der Waals surface area contributed by atoms with Crippen molar-refractivity contribution in [3.8, 4) is 51.0 Å². The van der Waals surface area contributed by atoms with Crippen molar-refractivity contribution in [3.05, 3.63) is 181 Å². The van der Waals surface area contributed by atoms with Gasteiger partial charge in [-0.05, 0) is 56.1 Å². The second kappa shape index (κ2) is 13.7. The van der Waals surface area contributed by atoms with E-state index in [0.29, 0.717) is 17.6 Å². The molecule has 0 spiro atoms. The van der Waals surface area contributed by atoms with Crippen LogP contribution in [0.2, 0.25) is 0 Å². The summed E-state index contributed by atoms with van der Waals surface area (Å²) in [5.74, 6) is 1.85. The van der Waals surface area contributed by atoms with E-state index in [1.54, 1.807) is 0 Å². The summed E-state index contributed by atoms with van der Waals surface area (Å²) in [7, 11) is 0. The molecule has 11 rings (SSSR count). The highest BCUT2D eigenvalue weighted by atomic mass is 15.2. The first-order valence-electron chi connectivity index (χ1n) is 20.0. The Hall–Kier alpha value is -6.91. The molecule has 1 aliphatic rings. The lowest BCUT2D eigenvalue weighted by atomic mass is 9.81. The Kier molecular flexibility index (Phi) is 8.30. The van der Waals surface area contributed by atoms with Crippen LogP contribution in [-0.4, -0.2) is 19.5 Å². The molecule has 8 aromatic carbocycles. The van der Waals surface area contributed by atoms with Gasteiger partial charge in [0.15, 0.2) is 11.6 Å². The molecule has 0 saturated carbocycles. The van der Waals surface area contributed by atoms with Gasteiger partial charge < -0.3 is 0 Å². The average molecular weight is 735 g/mol. The van der Waals surface area contributed by atoms with Crippen LogP contribution < -0.4 is 0 Å². The summed E-state index contributed by atoms with van der Waals surface area (Å²) in [6.45, 7) is 8.94. The first-order chi connectivity index (χ1) is 27.9. The Morgan fingerprint density at radius 3 is 1.84 bits per heavy atom. The molecule has 10 aromatic rings. The van der Waals surface area contributed by atoms with Crippen molar-refractivity contribution in [3.63, 3.8) is 0 Å². The molecule has 0 radical (unpaired) electrons. The number of hydrogen-bond acceptors (Lipinski definition) is 3. The van der Waals surface area contributed by atoms with E-state index in [1.807, 2.05) is 18.2 Å². The molecule has 2 aromatic heterocycles. The largest absolute Gasteiger partial charge is 0.277 e. The van der Waals surface area contributed by atoms with Gasteiger partial charge in [-0.2, -0.15) is 9.97 Å². The van der Waals surface area contributed by atoms with Gasteiger partial charge in [0.25, 0.3) is 0 Å². The third-order valence-electron chi connectivity index (χ3n) is 11.4. The summed E-state index contributed by atoms with van der Waals surface area (Å²) in [6.07, 6.45) is 1.25. The number of rotatable bonds is 4. The zero-order chi connectivity index (χ0) is 38.7. The molecule has 0 fully saturated rings. The monoisotopic (exact) mass is 734 g/mol. The second-order valence-corrected chi connectivity index (χ2v) is 15.6. The minimum Gasteiger partial charge on any atom is -0.277 e. The van der Waals surface area contributed by atoms with E-state index in [2.05, 4.69) is 184 Å². The summed E-state index contributed by atoms with van der Waals surface area (Å²) in [5.41, 5.74) is 11.6. The van der Waals surface area contributed by atoms with Crippen LogP contribution in [0.25, 0.3) is 94.3 Å². The second-order valence-electron chi connectivity index (χ2n) is 15.6. The number of nitrogens with zero attached hydrogens (tertiary/aromatic N) is 4. The van der Waals surface area contributed by atoms with Crippen LogP contribution in [0.5, 0.6) is 0 Å². The summed E-state index contributed by atoms with van der Waals surface area (Å²) in [5, 5.41) is 6.96. The van der Waals surface area contributed by atoms with Crippen LogP contribution in [0.4, 0.5) is 0 Å². The summed E-state index contributed by atoms with van der Waals surface area (Å²) in [6, 6.07) is 60.7. The highest BCUT2D eigenvalue weighted by Crippen LogP contribution is 2.50. The van der Waals surface area contributed by atoms with Crippen LogP contribution in [0, 0.1) is 0 Å². The average Bonchev–Trinajstić information content (AvgIpc) is 3.73. The Labute approximate surface area is 333 Å². The number of hydrogen-bond donors (Lipinski definition) is 0. The molecule has 0 amide bonds. The Morgan fingerprint density at radius 2 is 1.02 bits per heavy atom. The Morgan fingerprint density at radius 1 is 0.421 bits per heavy atom. The van der Waals surface area contributed by atoms with Crippen molar-refractivity contribution in [2.24, 2.45) is 0 Å². The molecule has 4 heteroatoms. The fraction of sp³-hybridized carbons (Fsp3) is 0.113. The normalized spacial score (nSPS) is 12.8. The summed E-state index contributed by atoms with van der Waals surface area (Å²) in [4.78, 5) is 15.8. The number of aromatic nitrogens is 4. The molecule has 0 bridgehead atoms. The molecule has 4 nitrogen and oxygen atoms in total. The molecular formula is C53H42N4.